The maximum atomic E-state index is 12.5. The number of para-hydroxylation sites is 1. The number of benzene rings is 1. The summed E-state index contributed by atoms with van der Waals surface area (Å²) in [6.07, 6.45) is 5.05. The van der Waals surface area contributed by atoms with Crippen molar-refractivity contribution >= 4 is 28.9 Å². The smallest absolute Gasteiger partial charge is 0.312 e. The van der Waals surface area contributed by atoms with Crippen molar-refractivity contribution in [2.24, 2.45) is 0 Å². The standard InChI is InChI=1S/C21H19N3O3S/c1-2-11-24(18-8-4-3-5-9-18)19(25)14-27-20(26)12-17-15-28-21(23-17)16-7-6-10-22-13-16/h2-10,13,15H,1,11-12,14H2. The van der Waals surface area contributed by atoms with Crippen molar-refractivity contribution in [1.82, 2.24) is 9.97 Å². The number of rotatable bonds is 8. The molecule has 0 N–H and O–H groups in total. The molecule has 0 bridgehead atoms. The van der Waals surface area contributed by atoms with E-state index >= 15 is 0 Å². The van der Waals surface area contributed by atoms with Crippen LogP contribution in [0.4, 0.5) is 5.69 Å². The van der Waals surface area contributed by atoms with E-state index in [9.17, 15) is 9.59 Å². The van der Waals surface area contributed by atoms with Crippen molar-refractivity contribution in [3.8, 4) is 10.6 Å². The number of thiazole rings is 1. The molecule has 0 aliphatic rings. The lowest BCUT2D eigenvalue weighted by molar-refractivity contribution is -0.147. The number of amides is 1. The number of carbonyl (C=O) groups is 2. The van der Waals surface area contributed by atoms with Crippen LogP contribution in [0.2, 0.25) is 0 Å². The molecule has 1 amide bonds. The third-order valence-electron chi connectivity index (χ3n) is 3.82. The molecule has 2 heterocycles. The van der Waals surface area contributed by atoms with Gasteiger partial charge in [-0.3, -0.25) is 14.6 Å². The van der Waals surface area contributed by atoms with Gasteiger partial charge in [-0.25, -0.2) is 4.98 Å². The van der Waals surface area contributed by atoms with E-state index in [1.54, 1.807) is 23.8 Å². The van der Waals surface area contributed by atoms with Crippen LogP contribution in [0.25, 0.3) is 10.6 Å². The SMILES string of the molecule is C=CCN(C(=O)COC(=O)Cc1csc(-c2cccnc2)n1)c1ccccc1. The maximum Gasteiger partial charge on any atom is 0.312 e. The van der Waals surface area contributed by atoms with E-state index in [1.807, 2.05) is 42.5 Å². The predicted molar refractivity (Wildman–Crippen MR) is 109 cm³/mol. The second-order valence-electron chi connectivity index (χ2n) is 5.85. The van der Waals surface area contributed by atoms with Gasteiger partial charge in [0.2, 0.25) is 0 Å². The second-order valence-corrected chi connectivity index (χ2v) is 6.71. The topological polar surface area (TPSA) is 72.4 Å². The number of hydrogen-bond acceptors (Lipinski definition) is 6. The molecule has 3 rings (SSSR count). The van der Waals surface area contributed by atoms with Crippen LogP contribution in [0.3, 0.4) is 0 Å². The molecular weight excluding hydrogens is 374 g/mol. The number of pyridine rings is 1. The van der Waals surface area contributed by atoms with Gasteiger partial charge >= 0.3 is 5.97 Å². The van der Waals surface area contributed by atoms with Gasteiger partial charge in [-0.1, -0.05) is 24.3 Å². The first-order valence-electron chi connectivity index (χ1n) is 8.64. The fourth-order valence-electron chi connectivity index (χ4n) is 2.52. The summed E-state index contributed by atoms with van der Waals surface area (Å²) in [6, 6.07) is 12.9. The predicted octanol–water partition coefficient (Wildman–Crippen LogP) is 3.51. The minimum absolute atomic E-state index is 0.0108. The van der Waals surface area contributed by atoms with Crippen molar-refractivity contribution in [1.29, 1.82) is 0 Å². The molecule has 0 radical (unpaired) electrons. The Balaban J connectivity index is 1.55. The largest absolute Gasteiger partial charge is 0.455 e. The highest BCUT2D eigenvalue weighted by Crippen LogP contribution is 2.23. The van der Waals surface area contributed by atoms with E-state index in [1.165, 1.54) is 16.2 Å². The highest BCUT2D eigenvalue weighted by atomic mass is 32.1. The van der Waals surface area contributed by atoms with Crippen LogP contribution < -0.4 is 4.90 Å². The number of nitrogens with zero attached hydrogens (tertiary/aromatic N) is 3. The van der Waals surface area contributed by atoms with Gasteiger partial charge in [-0.2, -0.15) is 0 Å². The fourth-order valence-corrected chi connectivity index (χ4v) is 3.33. The van der Waals surface area contributed by atoms with E-state index < -0.39 is 5.97 Å². The Hall–Kier alpha value is -3.32. The monoisotopic (exact) mass is 393 g/mol. The molecule has 6 nitrogen and oxygen atoms in total. The summed E-state index contributed by atoms with van der Waals surface area (Å²) in [6.45, 7) is 3.68. The van der Waals surface area contributed by atoms with Gasteiger partial charge in [-0.05, 0) is 24.3 Å². The third kappa shape index (κ3) is 5.11. The number of aromatic nitrogens is 2. The van der Waals surface area contributed by atoms with Crippen LogP contribution >= 0.6 is 11.3 Å². The van der Waals surface area contributed by atoms with E-state index in [0.29, 0.717) is 12.2 Å². The van der Waals surface area contributed by atoms with Crippen molar-refractivity contribution in [3.63, 3.8) is 0 Å². The van der Waals surface area contributed by atoms with Gasteiger partial charge in [0.15, 0.2) is 6.61 Å². The molecule has 0 aliphatic heterocycles. The molecule has 3 aromatic rings. The summed E-state index contributed by atoms with van der Waals surface area (Å²) in [5.74, 6) is -0.809. The van der Waals surface area contributed by atoms with Crippen molar-refractivity contribution in [2.75, 3.05) is 18.1 Å². The molecule has 1 aromatic carbocycles. The summed E-state index contributed by atoms with van der Waals surface area (Å²) >= 11 is 1.43. The summed E-state index contributed by atoms with van der Waals surface area (Å²) < 4.78 is 5.16. The molecule has 0 unspecified atom stereocenters. The van der Waals surface area contributed by atoms with Gasteiger partial charge in [0, 0.05) is 35.6 Å². The second kappa shape index (κ2) is 9.57. The Morgan fingerprint density at radius 1 is 1.18 bits per heavy atom. The molecule has 0 saturated carbocycles. The highest BCUT2D eigenvalue weighted by Gasteiger charge is 2.17. The molecule has 0 atom stereocenters. The van der Waals surface area contributed by atoms with Crippen LogP contribution in [0, 0.1) is 0 Å². The molecule has 0 saturated heterocycles. The first-order chi connectivity index (χ1) is 13.7. The highest BCUT2D eigenvalue weighted by molar-refractivity contribution is 7.13. The van der Waals surface area contributed by atoms with E-state index in [0.717, 1.165) is 16.3 Å². The molecule has 2 aromatic heterocycles. The minimum Gasteiger partial charge on any atom is -0.455 e. The fraction of sp³-hybridized carbons (Fsp3) is 0.143. The summed E-state index contributed by atoms with van der Waals surface area (Å²) in [5, 5.41) is 2.59. The summed E-state index contributed by atoms with van der Waals surface area (Å²) in [5.41, 5.74) is 2.22. The van der Waals surface area contributed by atoms with Crippen LogP contribution in [0.1, 0.15) is 5.69 Å². The van der Waals surface area contributed by atoms with Gasteiger partial charge in [-0.15, -0.1) is 17.9 Å². The molecule has 0 fully saturated rings. The van der Waals surface area contributed by atoms with Crippen molar-refractivity contribution < 1.29 is 14.3 Å². The van der Waals surface area contributed by atoms with Crippen molar-refractivity contribution in [3.05, 3.63) is 78.6 Å². The number of anilines is 1. The average Bonchev–Trinajstić information content (AvgIpc) is 3.20. The third-order valence-corrected chi connectivity index (χ3v) is 4.76. The summed E-state index contributed by atoms with van der Waals surface area (Å²) in [4.78, 5) is 34.6. The Morgan fingerprint density at radius 3 is 2.71 bits per heavy atom. The number of esters is 1. The van der Waals surface area contributed by atoms with Crippen molar-refractivity contribution in [2.45, 2.75) is 6.42 Å². The number of carbonyl (C=O) groups excluding carboxylic acids is 2. The molecule has 28 heavy (non-hydrogen) atoms. The first kappa shape index (κ1) is 19.4. The van der Waals surface area contributed by atoms with Gasteiger partial charge in [0.05, 0.1) is 12.1 Å². The molecule has 0 spiro atoms. The van der Waals surface area contributed by atoms with Crippen LogP contribution in [0.15, 0.2) is 72.9 Å². The van der Waals surface area contributed by atoms with Crippen LogP contribution in [-0.2, 0) is 20.7 Å². The normalized spacial score (nSPS) is 10.3. The lowest BCUT2D eigenvalue weighted by Gasteiger charge is -2.21. The Bertz CT molecular complexity index is 942. The molecule has 7 heteroatoms. The maximum absolute atomic E-state index is 12.5. The van der Waals surface area contributed by atoms with Crippen LogP contribution in [-0.4, -0.2) is 35.0 Å². The van der Waals surface area contributed by atoms with Crippen LogP contribution in [0.5, 0.6) is 0 Å². The average molecular weight is 393 g/mol. The Morgan fingerprint density at radius 2 is 2.00 bits per heavy atom. The quantitative estimate of drug-likeness (QED) is 0.433. The van der Waals surface area contributed by atoms with Gasteiger partial charge in [0.25, 0.3) is 5.91 Å². The number of ether oxygens (including phenoxy) is 1. The zero-order chi connectivity index (χ0) is 19.8. The molecule has 0 aliphatic carbocycles. The summed E-state index contributed by atoms with van der Waals surface area (Å²) in [7, 11) is 0. The lowest BCUT2D eigenvalue weighted by Crippen LogP contribution is -2.35. The van der Waals surface area contributed by atoms with E-state index in [4.69, 9.17) is 4.74 Å². The number of hydrogen-bond donors (Lipinski definition) is 0. The van der Waals surface area contributed by atoms with E-state index in [-0.39, 0.29) is 18.9 Å². The minimum atomic E-state index is -0.497. The lowest BCUT2D eigenvalue weighted by atomic mass is 10.3. The molecule has 142 valence electrons. The zero-order valence-corrected chi connectivity index (χ0v) is 16.0. The van der Waals surface area contributed by atoms with E-state index in [2.05, 4.69) is 16.5 Å². The first-order valence-corrected chi connectivity index (χ1v) is 9.52. The van der Waals surface area contributed by atoms with Gasteiger partial charge < -0.3 is 9.64 Å². The Labute approximate surface area is 167 Å². The molecular formula is C21H19N3O3S. The zero-order valence-electron chi connectivity index (χ0n) is 15.2. The van der Waals surface area contributed by atoms with Gasteiger partial charge in [0.1, 0.15) is 5.01 Å². The Kier molecular flexibility index (Phi) is 6.64.